The molecule has 0 aliphatic rings. The number of rotatable bonds is 7. The van der Waals surface area contributed by atoms with Crippen LogP contribution in [0.3, 0.4) is 0 Å². The molecule has 0 amide bonds. The van der Waals surface area contributed by atoms with Gasteiger partial charge in [-0.3, -0.25) is 0 Å². The van der Waals surface area contributed by atoms with E-state index in [1.54, 1.807) is 19.9 Å². The van der Waals surface area contributed by atoms with Gasteiger partial charge in [0.05, 0.1) is 18.1 Å². The maximum Gasteiger partial charge on any atom is 0.244 e. The highest BCUT2D eigenvalue weighted by molar-refractivity contribution is 9.10. The number of likely N-dealkylation sites (N-methyl/N-ethyl adjacent to an activating group) is 1. The van der Waals surface area contributed by atoms with Crippen LogP contribution in [0.15, 0.2) is 21.5 Å². The molecule has 0 unspecified atom stereocenters. The number of nitrogens with zero attached hydrogens (tertiary/aromatic N) is 1. The van der Waals surface area contributed by atoms with Crippen molar-refractivity contribution in [1.29, 1.82) is 0 Å². The number of halogens is 1. The van der Waals surface area contributed by atoms with Crippen LogP contribution in [0.25, 0.3) is 0 Å². The number of hydrogen-bond acceptors (Lipinski definition) is 4. The van der Waals surface area contributed by atoms with E-state index < -0.39 is 10.0 Å². The minimum absolute atomic E-state index is 0.180. The Morgan fingerprint density at radius 1 is 1.40 bits per heavy atom. The van der Waals surface area contributed by atoms with E-state index in [1.807, 2.05) is 0 Å². The second-order valence-electron chi connectivity index (χ2n) is 4.37. The van der Waals surface area contributed by atoms with Gasteiger partial charge in [-0.05, 0) is 40.0 Å². The quantitative estimate of drug-likeness (QED) is 0.801. The molecule has 1 aromatic rings. The van der Waals surface area contributed by atoms with Crippen LogP contribution in [0, 0.1) is 6.92 Å². The standard InChI is InChI=1S/C13H20BrNO4S/c1-4-15(5-6-19-3)20(17,18)12-8-11(9-16)7-10(2)13(12)14/h7-8,16H,4-6,9H2,1-3H3. The van der Waals surface area contributed by atoms with Gasteiger partial charge in [0, 0.05) is 24.7 Å². The Balaban J connectivity index is 3.29. The molecule has 7 heteroatoms. The summed E-state index contributed by atoms with van der Waals surface area (Å²) in [6, 6.07) is 3.26. The molecular formula is C13H20BrNO4S. The molecule has 0 atom stereocenters. The summed E-state index contributed by atoms with van der Waals surface area (Å²) in [7, 11) is -2.08. The van der Waals surface area contributed by atoms with E-state index in [1.165, 1.54) is 17.5 Å². The molecule has 0 aliphatic heterocycles. The molecule has 0 aliphatic carbocycles. The average molecular weight is 366 g/mol. The first-order valence-electron chi connectivity index (χ1n) is 6.27. The van der Waals surface area contributed by atoms with Crippen molar-refractivity contribution < 1.29 is 18.3 Å². The van der Waals surface area contributed by atoms with Crippen LogP contribution in [0.2, 0.25) is 0 Å². The molecule has 0 saturated heterocycles. The van der Waals surface area contributed by atoms with E-state index in [4.69, 9.17) is 4.74 Å². The van der Waals surface area contributed by atoms with Crippen molar-refractivity contribution in [1.82, 2.24) is 4.31 Å². The summed E-state index contributed by atoms with van der Waals surface area (Å²) in [5, 5.41) is 9.24. The zero-order valence-corrected chi connectivity index (χ0v) is 14.3. The van der Waals surface area contributed by atoms with Crippen molar-refractivity contribution in [2.45, 2.75) is 25.3 Å². The third-order valence-corrected chi connectivity index (χ3v) is 6.29. The van der Waals surface area contributed by atoms with Gasteiger partial charge in [-0.25, -0.2) is 8.42 Å². The molecule has 0 heterocycles. The van der Waals surface area contributed by atoms with Crippen LogP contribution in [0.1, 0.15) is 18.1 Å². The van der Waals surface area contributed by atoms with Gasteiger partial charge in [-0.1, -0.05) is 13.0 Å². The molecule has 1 aromatic carbocycles. The maximum absolute atomic E-state index is 12.7. The molecule has 1 N–H and O–H groups in total. The molecule has 0 bridgehead atoms. The number of benzene rings is 1. The van der Waals surface area contributed by atoms with Crippen LogP contribution >= 0.6 is 15.9 Å². The number of aryl methyl sites for hydroxylation is 1. The first-order valence-corrected chi connectivity index (χ1v) is 8.50. The third-order valence-electron chi connectivity index (χ3n) is 2.98. The number of aliphatic hydroxyl groups excluding tert-OH is 1. The lowest BCUT2D eigenvalue weighted by Crippen LogP contribution is -2.34. The van der Waals surface area contributed by atoms with Crippen molar-refractivity contribution in [3.8, 4) is 0 Å². The van der Waals surface area contributed by atoms with E-state index >= 15 is 0 Å². The van der Waals surface area contributed by atoms with Crippen molar-refractivity contribution in [2.24, 2.45) is 0 Å². The molecule has 0 radical (unpaired) electrons. The highest BCUT2D eigenvalue weighted by atomic mass is 79.9. The second kappa shape index (κ2) is 7.51. The fraction of sp³-hybridized carbons (Fsp3) is 0.538. The minimum Gasteiger partial charge on any atom is -0.392 e. The van der Waals surface area contributed by atoms with Gasteiger partial charge < -0.3 is 9.84 Å². The zero-order valence-electron chi connectivity index (χ0n) is 11.9. The highest BCUT2D eigenvalue weighted by Gasteiger charge is 2.26. The van der Waals surface area contributed by atoms with Crippen LogP contribution in [-0.4, -0.2) is 44.6 Å². The molecule has 0 spiro atoms. The predicted molar refractivity (Wildman–Crippen MR) is 81.1 cm³/mol. The van der Waals surface area contributed by atoms with Crippen molar-refractivity contribution in [3.05, 3.63) is 27.7 Å². The van der Waals surface area contributed by atoms with E-state index in [0.29, 0.717) is 29.7 Å². The molecule has 0 aromatic heterocycles. The van der Waals surface area contributed by atoms with Crippen LogP contribution in [0.4, 0.5) is 0 Å². The Hall–Kier alpha value is -0.470. The molecule has 1 rings (SSSR count). The normalized spacial score (nSPS) is 12.1. The van der Waals surface area contributed by atoms with Gasteiger partial charge in [0.15, 0.2) is 0 Å². The lowest BCUT2D eigenvalue weighted by Gasteiger charge is -2.21. The molecule has 114 valence electrons. The van der Waals surface area contributed by atoms with Gasteiger partial charge in [-0.2, -0.15) is 4.31 Å². The van der Waals surface area contributed by atoms with E-state index in [9.17, 15) is 13.5 Å². The number of ether oxygens (including phenoxy) is 1. The fourth-order valence-corrected chi connectivity index (χ4v) is 4.33. The first kappa shape index (κ1) is 17.6. The summed E-state index contributed by atoms with van der Waals surface area (Å²) in [4.78, 5) is 0.180. The monoisotopic (exact) mass is 365 g/mol. The van der Waals surface area contributed by atoms with Crippen LogP contribution in [-0.2, 0) is 21.4 Å². The Morgan fingerprint density at radius 3 is 2.55 bits per heavy atom. The minimum atomic E-state index is -3.61. The largest absolute Gasteiger partial charge is 0.392 e. The number of aliphatic hydroxyl groups is 1. The lowest BCUT2D eigenvalue weighted by atomic mass is 10.1. The lowest BCUT2D eigenvalue weighted by molar-refractivity contribution is 0.180. The van der Waals surface area contributed by atoms with Gasteiger partial charge in [-0.15, -0.1) is 0 Å². The molecule has 20 heavy (non-hydrogen) atoms. The summed E-state index contributed by atoms with van der Waals surface area (Å²) >= 11 is 3.33. The van der Waals surface area contributed by atoms with Gasteiger partial charge in [0.1, 0.15) is 0 Å². The average Bonchev–Trinajstić information content (AvgIpc) is 2.42. The molecular weight excluding hydrogens is 346 g/mol. The number of methoxy groups -OCH3 is 1. The summed E-state index contributed by atoms with van der Waals surface area (Å²) in [5.74, 6) is 0. The SMILES string of the molecule is CCN(CCOC)S(=O)(=O)c1cc(CO)cc(C)c1Br. The predicted octanol–water partition coefficient (Wildman–Crippen LogP) is 1.91. The smallest absolute Gasteiger partial charge is 0.244 e. The van der Waals surface area contributed by atoms with E-state index in [-0.39, 0.29) is 11.5 Å². The van der Waals surface area contributed by atoms with Crippen molar-refractivity contribution >= 4 is 26.0 Å². The van der Waals surface area contributed by atoms with Crippen LogP contribution in [0.5, 0.6) is 0 Å². The summed E-state index contributed by atoms with van der Waals surface area (Å²) < 4.78 is 32.2. The van der Waals surface area contributed by atoms with Gasteiger partial charge in [0.25, 0.3) is 0 Å². The van der Waals surface area contributed by atoms with Crippen molar-refractivity contribution in [2.75, 3.05) is 26.8 Å². The number of sulfonamides is 1. The fourth-order valence-electron chi connectivity index (χ4n) is 1.87. The van der Waals surface area contributed by atoms with Gasteiger partial charge in [0.2, 0.25) is 10.0 Å². The molecule has 5 nitrogen and oxygen atoms in total. The summed E-state index contributed by atoms with van der Waals surface area (Å²) in [5.41, 5.74) is 1.35. The summed E-state index contributed by atoms with van der Waals surface area (Å²) in [6.07, 6.45) is 0. The topological polar surface area (TPSA) is 66.8 Å². The van der Waals surface area contributed by atoms with E-state index in [2.05, 4.69) is 15.9 Å². The Kier molecular flexibility index (Phi) is 6.60. The zero-order chi connectivity index (χ0) is 15.3. The molecule has 0 fully saturated rings. The number of hydrogen-bond donors (Lipinski definition) is 1. The molecule has 0 saturated carbocycles. The maximum atomic E-state index is 12.7. The Morgan fingerprint density at radius 2 is 2.05 bits per heavy atom. The van der Waals surface area contributed by atoms with Crippen LogP contribution < -0.4 is 0 Å². The third kappa shape index (κ3) is 3.79. The van der Waals surface area contributed by atoms with Gasteiger partial charge >= 0.3 is 0 Å². The Labute approximate surface area is 128 Å². The second-order valence-corrected chi connectivity index (χ2v) is 7.07. The highest BCUT2D eigenvalue weighted by Crippen LogP contribution is 2.29. The first-order chi connectivity index (χ1) is 9.38. The summed E-state index contributed by atoms with van der Waals surface area (Å²) in [6.45, 7) is 4.38. The van der Waals surface area contributed by atoms with E-state index in [0.717, 1.165) is 5.56 Å². The van der Waals surface area contributed by atoms with Crippen molar-refractivity contribution in [3.63, 3.8) is 0 Å². The Bertz CT molecular complexity index is 560.